The first-order valence-corrected chi connectivity index (χ1v) is 8.68. The van der Waals surface area contributed by atoms with Gasteiger partial charge in [-0.2, -0.15) is 0 Å². The van der Waals surface area contributed by atoms with Crippen LogP contribution < -0.4 is 16.4 Å². The van der Waals surface area contributed by atoms with Crippen LogP contribution in [-0.2, 0) is 11.8 Å². The number of aryl methyl sites for hydroxylation is 1. The van der Waals surface area contributed by atoms with Crippen LogP contribution in [0.25, 0.3) is 17.1 Å². The Morgan fingerprint density at radius 3 is 2.81 bits per heavy atom. The van der Waals surface area contributed by atoms with Gasteiger partial charge in [0, 0.05) is 13.6 Å². The molecule has 0 unspecified atom stereocenters. The number of rotatable bonds is 4. The number of carbonyl (C=O) groups is 1. The van der Waals surface area contributed by atoms with Crippen LogP contribution in [0.3, 0.4) is 0 Å². The van der Waals surface area contributed by atoms with Gasteiger partial charge < -0.3 is 15.6 Å². The summed E-state index contributed by atoms with van der Waals surface area (Å²) in [4.78, 5) is 21.2. The summed E-state index contributed by atoms with van der Waals surface area (Å²) in [5.41, 5.74) is 10.1. The molecule has 3 aromatic rings. The highest BCUT2D eigenvalue weighted by Gasteiger charge is 2.23. The fraction of sp³-hybridized carbons (Fsp3) is 0.150. The molecule has 7 nitrogen and oxygen atoms in total. The topological polar surface area (TPSA) is 97.3 Å². The molecule has 0 bridgehead atoms. The number of nitrogens with zero attached hydrogens (tertiary/aromatic N) is 3. The molecule has 1 amide bonds. The average Bonchev–Trinajstić information content (AvgIpc) is 3.23. The predicted molar refractivity (Wildman–Crippen MR) is 106 cm³/mol. The van der Waals surface area contributed by atoms with Gasteiger partial charge in [-0.15, -0.1) is 0 Å². The molecule has 1 aliphatic heterocycles. The summed E-state index contributed by atoms with van der Waals surface area (Å²) in [7, 11) is 1.94. The minimum atomic E-state index is -0.223. The average molecular weight is 360 g/mol. The zero-order valence-electron chi connectivity index (χ0n) is 14.9. The third-order valence-corrected chi connectivity index (χ3v) is 4.48. The van der Waals surface area contributed by atoms with E-state index in [0.29, 0.717) is 18.2 Å². The van der Waals surface area contributed by atoms with Crippen molar-refractivity contribution in [2.45, 2.75) is 6.04 Å². The lowest BCUT2D eigenvalue weighted by Gasteiger charge is -2.11. The van der Waals surface area contributed by atoms with E-state index in [1.165, 1.54) is 0 Å². The first kappa shape index (κ1) is 17.0. The van der Waals surface area contributed by atoms with Gasteiger partial charge in [-0.25, -0.2) is 9.98 Å². The number of nitrogens with two attached hydrogens (primary N) is 1. The van der Waals surface area contributed by atoms with Gasteiger partial charge in [0.25, 0.3) is 5.91 Å². The number of hydrogen-bond donors (Lipinski definition) is 3. The molecule has 0 aliphatic carbocycles. The number of aliphatic imine (C=N–C) groups is 1. The summed E-state index contributed by atoms with van der Waals surface area (Å²) in [6.45, 7) is 0.348. The maximum absolute atomic E-state index is 12.3. The quantitative estimate of drug-likeness (QED) is 0.617. The zero-order valence-corrected chi connectivity index (χ0v) is 14.9. The Morgan fingerprint density at radius 1 is 1.22 bits per heavy atom. The highest BCUT2D eigenvalue weighted by atomic mass is 16.2. The van der Waals surface area contributed by atoms with E-state index in [2.05, 4.69) is 20.6 Å². The van der Waals surface area contributed by atoms with Crippen LogP contribution in [0.5, 0.6) is 0 Å². The second kappa shape index (κ2) is 7.05. The Bertz CT molecular complexity index is 1050. The lowest BCUT2D eigenvalue weighted by atomic mass is 10.1. The number of benzene rings is 2. The summed E-state index contributed by atoms with van der Waals surface area (Å²) in [6, 6.07) is 15.4. The molecule has 27 heavy (non-hydrogen) atoms. The number of aromatic nitrogens is 2. The summed E-state index contributed by atoms with van der Waals surface area (Å²) in [5, 5.41) is 5.81. The number of imidazole rings is 1. The van der Waals surface area contributed by atoms with E-state index >= 15 is 0 Å². The fourth-order valence-corrected chi connectivity index (χ4v) is 3.05. The summed E-state index contributed by atoms with van der Waals surface area (Å²) in [5.74, 6) is 0.190. The molecule has 2 heterocycles. The van der Waals surface area contributed by atoms with Crippen LogP contribution in [0, 0.1) is 0 Å². The lowest BCUT2D eigenvalue weighted by molar-refractivity contribution is -0.115. The Balaban J connectivity index is 1.59. The predicted octanol–water partition coefficient (Wildman–Crippen LogP) is 1.69. The number of nitrogens with one attached hydrogen (secondary N) is 2. The maximum Gasteiger partial charge on any atom is 0.274 e. The SMILES string of the molecule is Cn1cnc2ccc(/C=C3\NC(=N[C@H](CN)c4ccccc4)NC3=O)cc21. The van der Waals surface area contributed by atoms with Crippen LogP contribution in [0.4, 0.5) is 0 Å². The second-order valence-corrected chi connectivity index (χ2v) is 6.38. The number of amides is 1. The lowest BCUT2D eigenvalue weighted by Crippen LogP contribution is -2.27. The Morgan fingerprint density at radius 2 is 2.04 bits per heavy atom. The van der Waals surface area contributed by atoms with E-state index < -0.39 is 0 Å². The molecular formula is C20H20N6O. The number of guanidine groups is 1. The van der Waals surface area contributed by atoms with Gasteiger partial charge in [0.2, 0.25) is 5.96 Å². The number of hydrogen-bond acceptors (Lipinski definition) is 4. The van der Waals surface area contributed by atoms with Gasteiger partial charge in [-0.1, -0.05) is 36.4 Å². The normalized spacial score (nSPS) is 18.1. The highest BCUT2D eigenvalue weighted by Crippen LogP contribution is 2.18. The largest absolute Gasteiger partial charge is 0.334 e. The van der Waals surface area contributed by atoms with Crippen molar-refractivity contribution < 1.29 is 4.79 Å². The van der Waals surface area contributed by atoms with Gasteiger partial charge >= 0.3 is 0 Å². The Labute approximate surface area is 156 Å². The number of carbonyl (C=O) groups excluding carboxylic acids is 1. The van der Waals surface area contributed by atoms with Crippen LogP contribution in [0.1, 0.15) is 17.2 Å². The molecule has 2 aromatic carbocycles. The van der Waals surface area contributed by atoms with Crippen molar-refractivity contribution in [3.05, 3.63) is 71.7 Å². The smallest absolute Gasteiger partial charge is 0.274 e. The summed E-state index contributed by atoms with van der Waals surface area (Å²) < 4.78 is 1.94. The molecule has 1 aromatic heterocycles. The standard InChI is InChI=1S/C20H20N6O/c1-26-12-22-15-8-7-13(10-18(15)26)9-16-19(27)25-20(23-16)24-17(11-21)14-5-3-2-4-6-14/h2-10,12,17H,11,21H2,1H3,(H2,23,24,25,27)/b16-9-/t17-/m1/s1. The molecule has 0 radical (unpaired) electrons. The third kappa shape index (κ3) is 3.45. The van der Waals surface area contributed by atoms with E-state index in [-0.39, 0.29) is 11.9 Å². The van der Waals surface area contributed by atoms with Crippen molar-refractivity contribution in [1.82, 2.24) is 20.2 Å². The molecule has 1 atom stereocenters. The van der Waals surface area contributed by atoms with E-state index in [1.54, 1.807) is 12.4 Å². The van der Waals surface area contributed by atoms with Gasteiger partial charge in [-0.05, 0) is 29.3 Å². The van der Waals surface area contributed by atoms with E-state index in [9.17, 15) is 4.79 Å². The van der Waals surface area contributed by atoms with Crippen molar-refractivity contribution >= 4 is 29.0 Å². The molecule has 7 heteroatoms. The third-order valence-electron chi connectivity index (χ3n) is 4.48. The van der Waals surface area contributed by atoms with E-state index in [0.717, 1.165) is 22.2 Å². The maximum atomic E-state index is 12.3. The van der Waals surface area contributed by atoms with Crippen molar-refractivity contribution in [1.29, 1.82) is 0 Å². The molecular weight excluding hydrogens is 340 g/mol. The Hall–Kier alpha value is -3.45. The minimum absolute atomic E-state index is 0.220. The van der Waals surface area contributed by atoms with Crippen molar-refractivity contribution in [2.75, 3.05) is 6.54 Å². The monoisotopic (exact) mass is 360 g/mol. The first-order valence-electron chi connectivity index (χ1n) is 8.68. The van der Waals surface area contributed by atoms with Gasteiger partial charge in [0.15, 0.2) is 0 Å². The van der Waals surface area contributed by atoms with Gasteiger partial charge in [-0.3, -0.25) is 10.1 Å². The molecule has 0 saturated carbocycles. The number of fused-ring (bicyclic) bond motifs is 1. The molecule has 1 fully saturated rings. The summed E-state index contributed by atoms with van der Waals surface area (Å²) >= 11 is 0. The molecule has 4 rings (SSSR count). The molecule has 1 saturated heterocycles. The van der Waals surface area contributed by atoms with Crippen molar-refractivity contribution in [2.24, 2.45) is 17.8 Å². The van der Waals surface area contributed by atoms with Crippen molar-refractivity contribution in [3.63, 3.8) is 0 Å². The van der Waals surface area contributed by atoms with Crippen molar-refractivity contribution in [3.8, 4) is 0 Å². The highest BCUT2D eigenvalue weighted by molar-refractivity contribution is 6.15. The Kier molecular flexibility index (Phi) is 4.43. The minimum Gasteiger partial charge on any atom is -0.334 e. The second-order valence-electron chi connectivity index (χ2n) is 6.38. The molecule has 136 valence electrons. The summed E-state index contributed by atoms with van der Waals surface area (Å²) in [6.07, 6.45) is 3.56. The first-order chi connectivity index (χ1) is 13.1. The van der Waals surface area contributed by atoms with Crippen LogP contribution in [-0.4, -0.2) is 28.0 Å². The fourth-order valence-electron chi connectivity index (χ4n) is 3.05. The van der Waals surface area contributed by atoms with Crippen LogP contribution >= 0.6 is 0 Å². The van der Waals surface area contributed by atoms with E-state index in [1.807, 2.05) is 60.1 Å². The van der Waals surface area contributed by atoms with Crippen LogP contribution in [0.15, 0.2) is 65.5 Å². The van der Waals surface area contributed by atoms with E-state index in [4.69, 9.17) is 5.73 Å². The van der Waals surface area contributed by atoms with Gasteiger partial charge in [0.05, 0.1) is 23.4 Å². The molecule has 4 N–H and O–H groups in total. The molecule has 0 spiro atoms. The molecule has 1 aliphatic rings. The van der Waals surface area contributed by atoms with Gasteiger partial charge in [0.1, 0.15) is 5.70 Å². The zero-order chi connectivity index (χ0) is 18.8. The van der Waals surface area contributed by atoms with Crippen LogP contribution in [0.2, 0.25) is 0 Å².